The van der Waals surface area contributed by atoms with Crippen LogP contribution in [0.1, 0.15) is 17.0 Å². The molecular formula is C16H16ClNO. The molecule has 0 spiro atoms. The highest BCUT2D eigenvalue weighted by atomic mass is 35.5. The molecule has 1 unspecified atom stereocenters. The minimum atomic E-state index is -0.623. The van der Waals surface area contributed by atoms with E-state index in [1.807, 2.05) is 60.7 Å². The predicted molar refractivity (Wildman–Crippen MR) is 78.4 cm³/mol. The Balaban J connectivity index is 2.43. The number of benzene rings is 2. The molecule has 19 heavy (non-hydrogen) atoms. The maximum atomic E-state index is 11.8. The van der Waals surface area contributed by atoms with Gasteiger partial charge in [0.1, 0.15) is 0 Å². The Morgan fingerprint density at radius 3 is 1.74 bits per heavy atom. The van der Waals surface area contributed by atoms with Crippen LogP contribution in [0.3, 0.4) is 0 Å². The second kappa shape index (κ2) is 6.50. The van der Waals surface area contributed by atoms with Crippen LogP contribution in [0.5, 0.6) is 0 Å². The normalized spacial score (nSPS) is 12.4. The van der Waals surface area contributed by atoms with Gasteiger partial charge in [0.05, 0.1) is 11.9 Å². The van der Waals surface area contributed by atoms with Crippen LogP contribution in [-0.2, 0) is 4.79 Å². The van der Waals surface area contributed by atoms with E-state index in [2.05, 4.69) is 0 Å². The first kappa shape index (κ1) is 13.8. The fourth-order valence-electron chi connectivity index (χ4n) is 2.20. The van der Waals surface area contributed by atoms with E-state index in [0.29, 0.717) is 0 Å². The van der Waals surface area contributed by atoms with Crippen molar-refractivity contribution < 1.29 is 4.79 Å². The third-order valence-corrected chi connectivity index (χ3v) is 3.44. The van der Waals surface area contributed by atoms with E-state index >= 15 is 0 Å². The SMILES string of the molecule is NC(C(=O)CCl)C(c1ccccc1)c1ccccc1. The van der Waals surface area contributed by atoms with E-state index < -0.39 is 6.04 Å². The first-order chi connectivity index (χ1) is 9.24. The molecule has 1 atom stereocenters. The Bertz CT molecular complexity index is 487. The third kappa shape index (κ3) is 3.22. The Morgan fingerprint density at radius 2 is 1.37 bits per heavy atom. The monoisotopic (exact) mass is 273 g/mol. The lowest BCUT2D eigenvalue weighted by Crippen LogP contribution is -2.38. The zero-order valence-corrected chi connectivity index (χ0v) is 11.3. The highest BCUT2D eigenvalue weighted by molar-refractivity contribution is 6.28. The van der Waals surface area contributed by atoms with Crippen LogP contribution in [0.15, 0.2) is 60.7 Å². The summed E-state index contributed by atoms with van der Waals surface area (Å²) in [6, 6.07) is 19.0. The second-order valence-electron chi connectivity index (χ2n) is 4.42. The summed E-state index contributed by atoms with van der Waals surface area (Å²) in [5.41, 5.74) is 8.16. The summed E-state index contributed by atoms with van der Waals surface area (Å²) in [6.07, 6.45) is 0. The molecule has 0 bridgehead atoms. The molecule has 0 aliphatic heterocycles. The van der Waals surface area contributed by atoms with Crippen molar-refractivity contribution in [1.82, 2.24) is 0 Å². The Hall–Kier alpha value is -1.64. The molecule has 0 aliphatic rings. The summed E-state index contributed by atoms with van der Waals surface area (Å²) >= 11 is 5.64. The number of carbonyl (C=O) groups excluding carboxylic acids is 1. The zero-order valence-electron chi connectivity index (χ0n) is 10.5. The molecule has 0 saturated carbocycles. The summed E-state index contributed by atoms with van der Waals surface area (Å²) in [5, 5.41) is 0. The molecule has 0 heterocycles. The van der Waals surface area contributed by atoms with Crippen LogP contribution in [-0.4, -0.2) is 17.7 Å². The zero-order chi connectivity index (χ0) is 13.7. The number of carbonyl (C=O) groups is 1. The summed E-state index contributed by atoms with van der Waals surface area (Å²) in [5.74, 6) is -0.356. The molecule has 0 radical (unpaired) electrons. The van der Waals surface area contributed by atoms with E-state index in [1.165, 1.54) is 0 Å². The predicted octanol–water partition coefficient (Wildman–Crippen LogP) is 2.95. The quantitative estimate of drug-likeness (QED) is 0.851. The lowest BCUT2D eigenvalue weighted by atomic mass is 9.84. The Kier molecular flexibility index (Phi) is 4.72. The number of Topliss-reactive ketones (excluding diaryl/α,β-unsaturated/α-hetero) is 1. The molecule has 0 fully saturated rings. The summed E-state index contributed by atoms with van der Waals surface area (Å²) in [7, 11) is 0. The van der Waals surface area contributed by atoms with Crippen LogP contribution in [0.2, 0.25) is 0 Å². The number of nitrogens with two attached hydrogens (primary N) is 1. The number of rotatable bonds is 5. The number of hydrogen-bond donors (Lipinski definition) is 1. The van der Waals surface area contributed by atoms with E-state index in [0.717, 1.165) is 11.1 Å². The Labute approximate surface area is 118 Å². The van der Waals surface area contributed by atoms with Gasteiger partial charge in [-0.2, -0.15) is 0 Å². The van der Waals surface area contributed by atoms with Crippen molar-refractivity contribution in [3.8, 4) is 0 Å². The van der Waals surface area contributed by atoms with Gasteiger partial charge in [-0.15, -0.1) is 11.6 Å². The van der Waals surface area contributed by atoms with E-state index in [-0.39, 0.29) is 17.6 Å². The van der Waals surface area contributed by atoms with Gasteiger partial charge in [0.15, 0.2) is 5.78 Å². The van der Waals surface area contributed by atoms with Crippen molar-refractivity contribution in [2.24, 2.45) is 5.73 Å². The molecule has 0 aromatic heterocycles. The first-order valence-electron chi connectivity index (χ1n) is 6.18. The molecule has 2 rings (SSSR count). The van der Waals surface area contributed by atoms with E-state index in [4.69, 9.17) is 17.3 Å². The number of alkyl halides is 1. The van der Waals surface area contributed by atoms with E-state index in [9.17, 15) is 4.79 Å². The molecule has 2 aromatic carbocycles. The standard InChI is InChI=1S/C16H16ClNO/c17-11-14(19)16(18)15(12-7-3-1-4-8-12)13-9-5-2-6-10-13/h1-10,15-16H,11,18H2. The summed E-state index contributed by atoms with van der Waals surface area (Å²) in [6.45, 7) is 0. The molecule has 3 heteroatoms. The van der Waals surface area contributed by atoms with Gasteiger partial charge in [0.25, 0.3) is 0 Å². The second-order valence-corrected chi connectivity index (χ2v) is 4.69. The van der Waals surface area contributed by atoms with Gasteiger partial charge >= 0.3 is 0 Å². The number of ketones is 1. The number of halogens is 1. The third-order valence-electron chi connectivity index (χ3n) is 3.18. The summed E-state index contributed by atoms with van der Waals surface area (Å²) < 4.78 is 0. The van der Waals surface area contributed by atoms with Gasteiger partial charge in [-0.1, -0.05) is 60.7 Å². The fourth-order valence-corrected chi connectivity index (χ4v) is 2.38. The van der Waals surface area contributed by atoms with Gasteiger partial charge in [0.2, 0.25) is 0 Å². The van der Waals surface area contributed by atoms with Gasteiger partial charge in [-0.25, -0.2) is 0 Å². The van der Waals surface area contributed by atoms with Crippen LogP contribution in [0.25, 0.3) is 0 Å². The smallest absolute Gasteiger partial charge is 0.165 e. The topological polar surface area (TPSA) is 43.1 Å². The van der Waals surface area contributed by atoms with Gasteiger partial charge in [-0.05, 0) is 11.1 Å². The van der Waals surface area contributed by atoms with E-state index in [1.54, 1.807) is 0 Å². The van der Waals surface area contributed by atoms with Crippen molar-refractivity contribution in [2.75, 3.05) is 5.88 Å². The average Bonchev–Trinajstić information content (AvgIpc) is 2.49. The highest BCUT2D eigenvalue weighted by Gasteiger charge is 2.26. The molecule has 2 N–H and O–H groups in total. The minimum absolute atomic E-state index is 0.0582. The molecule has 2 aromatic rings. The first-order valence-corrected chi connectivity index (χ1v) is 6.71. The summed E-state index contributed by atoms with van der Waals surface area (Å²) in [4.78, 5) is 11.8. The average molecular weight is 274 g/mol. The molecule has 0 saturated heterocycles. The van der Waals surface area contributed by atoms with Crippen molar-refractivity contribution in [3.63, 3.8) is 0 Å². The van der Waals surface area contributed by atoms with Gasteiger partial charge in [-0.3, -0.25) is 4.79 Å². The minimum Gasteiger partial charge on any atom is -0.321 e. The lowest BCUT2D eigenvalue weighted by Gasteiger charge is -2.23. The molecule has 2 nitrogen and oxygen atoms in total. The van der Waals surface area contributed by atoms with Crippen molar-refractivity contribution in [2.45, 2.75) is 12.0 Å². The van der Waals surface area contributed by atoms with Crippen LogP contribution in [0, 0.1) is 0 Å². The molecular weight excluding hydrogens is 258 g/mol. The molecule has 0 aliphatic carbocycles. The maximum Gasteiger partial charge on any atom is 0.165 e. The van der Waals surface area contributed by atoms with Crippen molar-refractivity contribution in [3.05, 3.63) is 71.8 Å². The van der Waals surface area contributed by atoms with Gasteiger partial charge < -0.3 is 5.73 Å². The molecule has 98 valence electrons. The highest BCUT2D eigenvalue weighted by Crippen LogP contribution is 2.27. The maximum absolute atomic E-state index is 11.8. The van der Waals surface area contributed by atoms with Crippen molar-refractivity contribution >= 4 is 17.4 Å². The lowest BCUT2D eigenvalue weighted by molar-refractivity contribution is -0.118. The number of hydrogen-bond acceptors (Lipinski definition) is 2. The van der Waals surface area contributed by atoms with Crippen molar-refractivity contribution in [1.29, 1.82) is 0 Å². The van der Waals surface area contributed by atoms with Crippen LogP contribution >= 0.6 is 11.6 Å². The fraction of sp³-hybridized carbons (Fsp3) is 0.188. The largest absolute Gasteiger partial charge is 0.321 e. The molecule has 0 amide bonds. The van der Waals surface area contributed by atoms with Gasteiger partial charge in [0, 0.05) is 5.92 Å². The van der Waals surface area contributed by atoms with Crippen LogP contribution < -0.4 is 5.73 Å². The van der Waals surface area contributed by atoms with Crippen LogP contribution in [0.4, 0.5) is 0 Å². The Morgan fingerprint density at radius 1 is 0.947 bits per heavy atom.